The van der Waals surface area contributed by atoms with Crippen molar-refractivity contribution in [2.24, 2.45) is 17.1 Å². The van der Waals surface area contributed by atoms with Crippen LogP contribution in [0.15, 0.2) is 18.3 Å². The lowest BCUT2D eigenvalue weighted by molar-refractivity contribution is 0.0561. The molecule has 100 valence electrons. The Morgan fingerprint density at radius 3 is 2.89 bits per heavy atom. The first-order valence-electron chi connectivity index (χ1n) is 6.80. The van der Waals surface area contributed by atoms with Crippen LogP contribution < -0.4 is 10.5 Å². The standard InChI is InChI=1S/C15H24N2O/c1-11-6-14(9-15(2,3)8-11)18-13-4-5-17-12(7-13)10-16/h4-5,7,11,14H,6,8-10,16H2,1-3H3. The van der Waals surface area contributed by atoms with E-state index in [4.69, 9.17) is 10.5 Å². The average Bonchev–Trinajstić information content (AvgIpc) is 2.26. The molecule has 0 spiro atoms. The van der Waals surface area contributed by atoms with Crippen LogP contribution in [-0.2, 0) is 6.54 Å². The summed E-state index contributed by atoms with van der Waals surface area (Å²) in [6.07, 6.45) is 5.64. The van der Waals surface area contributed by atoms with Gasteiger partial charge in [0.25, 0.3) is 0 Å². The molecule has 0 aliphatic heterocycles. The van der Waals surface area contributed by atoms with E-state index < -0.39 is 0 Å². The molecule has 0 amide bonds. The molecule has 1 aromatic heterocycles. The van der Waals surface area contributed by atoms with Gasteiger partial charge in [-0.3, -0.25) is 4.98 Å². The summed E-state index contributed by atoms with van der Waals surface area (Å²) in [5.74, 6) is 1.63. The molecule has 2 N–H and O–H groups in total. The van der Waals surface area contributed by atoms with Crippen LogP contribution in [0.1, 0.15) is 45.7 Å². The highest BCUT2D eigenvalue weighted by Crippen LogP contribution is 2.39. The highest BCUT2D eigenvalue weighted by atomic mass is 16.5. The Kier molecular flexibility index (Phi) is 3.91. The molecule has 1 aromatic rings. The van der Waals surface area contributed by atoms with Crippen LogP contribution in [0.4, 0.5) is 0 Å². The first kappa shape index (κ1) is 13.3. The summed E-state index contributed by atoms with van der Waals surface area (Å²) in [5.41, 5.74) is 6.86. The predicted octanol–water partition coefficient (Wildman–Crippen LogP) is 3.13. The second-order valence-corrected chi connectivity index (χ2v) is 6.34. The normalized spacial score (nSPS) is 26.9. The predicted molar refractivity (Wildman–Crippen MR) is 73.3 cm³/mol. The number of nitrogens with two attached hydrogens (primary N) is 1. The first-order chi connectivity index (χ1) is 8.48. The summed E-state index contributed by atoms with van der Waals surface area (Å²) in [5, 5.41) is 0. The van der Waals surface area contributed by atoms with Crippen LogP contribution in [0.5, 0.6) is 5.75 Å². The van der Waals surface area contributed by atoms with Crippen molar-refractivity contribution >= 4 is 0 Å². The fraction of sp³-hybridized carbons (Fsp3) is 0.667. The van der Waals surface area contributed by atoms with Gasteiger partial charge in [-0.1, -0.05) is 20.8 Å². The van der Waals surface area contributed by atoms with Gasteiger partial charge in [0, 0.05) is 18.8 Å². The quantitative estimate of drug-likeness (QED) is 0.894. The molecule has 3 heteroatoms. The third-order valence-electron chi connectivity index (χ3n) is 3.65. The minimum Gasteiger partial charge on any atom is -0.490 e. The van der Waals surface area contributed by atoms with E-state index >= 15 is 0 Å². The molecular formula is C15H24N2O. The molecule has 2 atom stereocenters. The molecule has 0 aromatic carbocycles. The van der Waals surface area contributed by atoms with E-state index in [1.807, 2.05) is 12.1 Å². The van der Waals surface area contributed by atoms with Crippen LogP contribution in [0.25, 0.3) is 0 Å². The number of ether oxygens (including phenoxy) is 1. The van der Waals surface area contributed by atoms with Crippen LogP contribution >= 0.6 is 0 Å². The van der Waals surface area contributed by atoms with Crippen molar-refractivity contribution in [2.75, 3.05) is 0 Å². The lowest BCUT2D eigenvalue weighted by atomic mass is 9.71. The Balaban J connectivity index is 2.04. The molecule has 2 unspecified atom stereocenters. The number of hydrogen-bond acceptors (Lipinski definition) is 3. The molecule has 1 fully saturated rings. The molecule has 2 rings (SSSR count). The largest absolute Gasteiger partial charge is 0.490 e. The molecule has 0 radical (unpaired) electrons. The number of hydrogen-bond donors (Lipinski definition) is 1. The first-order valence-corrected chi connectivity index (χ1v) is 6.80. The second kappa shape index (κ2) is 5.27. The van der Waals surface area contributed by atoms with E-state index in [-0.39, 0.29) is 0 Å². The smallest absolute Gasteiger partial charge is 0.123 e. The maximum absolute atomic E-state index is 6.11. The van der Waals surface area contributed by atoms with Gasteiger partial charge < -0.3 is 10.5 Å². The van der Waals surface area contributed by atoms with Gasteiger partial charge in [-0.15, -0.1) is 0 Å². The molecule has 1 heterocycles. The third kappa shape index (κ3) is 3.45. The van der Waals surface area contributed by atoms with E-state index in [0.717, 1.165) is 30.2 Å². The zero-order chi connectivity index (χ0) is 13.2. The van der Waals surface area contributed by atoms with Crippen molar-refractivity contribution in [1.82, 2.24) is 4.98 Å². The van der Waals surface area contributed by atoms with E-state index in [1.165, 1.54) is 6.42 Å². The molecule has 0 saturated heterocycles. The fourth-order valence-corrected chi connectivity index (χ4v) is 3.18. The van der Waals surface area contributed by atoms with Crippen LogP contribution in [0, 0.1) is 11.3 Å². The van der Waals surface area contributed by atoms with Gasteiger partial charge in [0.1, 0.15) is 5.75 Å². The lowest BCUT2D eigenvalue weighted by Gasteiger charge is -2.38. The van der Waals surface area contributed by atoms with E-state index in [2.05, 4.69) is 25.8 Å². The zero-order valence-corrected chi connectivity index (χ0v) is 11.6. The summed E-state index contributed by atoms with van der Waals surface area (Å²) in [7, 11) is 0. The summed E-state index contributed by atoms with van der Waals surface area (Å²) in [6.45, 7) is 7.44. The number of rotatable bonds is 3. The molecule has 3 nitrogen and oxygen atoms in total. The van der Waals surface area contributed by atoms with Crippen LogP contribution in [0.3, 0.4) is 0 Å². The minimum absolute atomic E-state index is 0.316. The lowest BCUT2D eigenvalue weighted by Crippen LogP contribution is -2.34. The van der Waals surface area contributed by atoms with Crippen LogP contribution in [0.2, 0.25) is 0 Å². The Hall–Kier alpha value is -1.09. The minimum atomic E-state index is 0.316. The average molecular weight is 248 g/mol. The van der Waals surface area contributed by atoms with Gasteiger partial charge in [0.05, 0.1) is 11.8 Å². The Morgan fingerprint density at radius 1 is 1.44 bits per heavy atom. The van der Waals surface area contributed by atoms with Crippen molar-refractivity contribution in [1.29, 1.82) is 0 Å². The van der Waals surface area contributed by atoms with Crippen molar-refractivity contribution in [3.05, 3.63) is 24.0 Å². The molecule has 1 saturated carbocycles. The van der Waals surface area contributed by atoms with E-state index in [1.54, 1.807) is 6.20 Å². The Labute approximate surface area is 110 Å². The summed E-state index contributed by atoms with van der Waals surface area (Å²) >= 11 is 0. The Morgan fingerprint density at radius 2 is 2.22 bits per heavy atom. The van der Waals surface area contributed by atoms with E-state index in [0.29, 0.717) is 18.1 Å². The van der Waals surface area contributed by atoms with E-state index in [9.17, 15) is 0 Å². The molecule has 18 heavy (non-hydrogen) atoms. The van der Waals surface area contributed by atoms with Crippen molar-refractivity contribution in [3.63, 3.8) is 0 Å². The molecule has 0 bridgehead atoms. The van der Waals surface area contributed by atoms with Gasteiger partial charge in [-0.2, -0.15) is 0 Å². The monoisotopic (exact) mass is 248 g/mol. The topological polar surface area (TPSA) is 48.1 Å². The van der Waals surface area contributed by atoms with Gasteiger partial charge >= 0.3 is 0 Å². The van der Waals surface area contributed by atoms with Gasteiger partial charge in [0.15, 0.2) is 0 Å². The summed E-state index contributed by atoms with van der Waals surface area (Å²) in [6, 6.07) is 3.87. The summed E-state index contributed by atoms with van der Waals surface area (Å²) in [4.78, 5) is 4.19. The van der Waals surface area contributed by atoms with Crippen LogP contribution in [-0.4, -0.2) is 11.1 Å². The highest BCUT2D eigenvalue weighted by molar-refractivity contribution is 5.22. The van der Waals surface area contributed by atoms with Gasteiger partial charge in [-0.05, 0) is 36.7 Å². The third-order valence-corrected chi connectivity index (χ3v) is 3.65. The van der Waals surface area contributed by atoms with Crippen molar-refractivity contribution in [3.8, 4) is 5.75 Å². The van der Waals surface area contributed by atoms with Gasteiger partial charge in [0.2, 0.25) is 0 Å². The maximum Gasteiger partial charge on any atom is 0.123 e. The molecule has 1 aliphatic carbocycles. The SMILES string of the molecule is CC1CC(Oc2ccnc(CN)c2)CC(C)(C)C1. The van der Waals surface area contributed by atoms with Crippen molar-refractivity contribution in [2.45, 2.75) is 52.7 Å². The van der Waals surface area contributed by atoms with Crippen molar-refractivity contribution < 1.29 is 4.74 Å². The zero-order valence-electron chi connectivity index (χ0n) is 11.6. The number of nitrogens with zero attached hydrogens (tertiary/aromatic N) is 1. The fourth-order valence-electron chi connectivity index (χ4n) is 3.18. The molecular weight excluding hydrogens is 224 g/mol. The number of pyridine rings is 1. The maximum atomic E-state index is 6.11. The molecule has 1 aliphatic rings. The highest BCUT2D eigenvalue weighted by Gasteiger charge is 2.33. The Bertz CT molecular complexity index is 403. The second-order valence-electron chi connectivity index (χ2n) is 6.34. The van der Waals surface area contributed by atoms with Gasteiger partial charge in [-0.25, -0.2) is 0 Å². The number of aromatic nitrogens is 1. The summed E-state index contributed by atoms with van der Waals surface area (Å²) < 4.78 is 6.11.